The lowest BCUT2D eigenvalue weighted by Gasteiger charge is -1.98. The van der Waals surface area contributed by atoms with E-state index in [4.69, 9.17) is 0 Å². The van der Waals surface area contributed by atoms with Crippen LogP contribution < -0.4 is 0 Å². The molecule has 1 aromatic carbocycles. The fraction of sp³-hybridized carbons (Fsp3) is 0.0769. The summed E-state index contributed by atoms with van der Waals surface area (Å²) in [6.45, 7) is 1.27. The number of halogens is 1. The SMILES string of the molecule is CC(=O)C1=C(O)C(=Cc2ccc(Br)cc2)SC1=O. The average molecular weight is 325 g/mol. The highest BCUT2D eigenvalue weighted by molar-refractivity contribution is 9.10. The molecule has 0 aliphatic carbocycles. The Bertz CT molecular complexity index is 585. The van der Waals surface area contributed by atoms with E-state index >= 15 is 0 Å². The summed E-state index contributed by atoms with van der Waals surface area (Å²) >= 11 is 4.20. The molecule has 2 rings (SSSR count). The van der Waals surface area contributed by atoms with Gasteiger partial charge in [-0.2, -0.15) is 0 Å². The molecule has 0 spiro atoms. The Morgan fingerprint density at radius 3 is 2.44 bits per heavy atom. The first kappa shape index (κ1) is 13.1. The van der Waals surface area contributed by atoms with E-state index in [1.807, 2.05) is 24.3 Å². The molecule has 0 radical (unpaired) electrons. The first-order valence-corrected chi connectivity index (χ1v) is 6.74. The number of aliphatic hydroxyl groups excluding tert-OH is 1. The Morgan fingerprint density at radius 2 is 1.94 bits per heavy atom. The van der Waals surface area contributed by atoms with Gasteiger partial charge in [0.25, 0.3) is 0 Å². The van der Waals surface area contributed by atoms with E-state index in [0.29, 0.717) is 4.91 Å². The van der Waals surface area contributed by atoms with Crippen LogP contribution in [-0.2, 0) is 9.59 Å². The fourth-order valence-corrected chi connectivity index (χ4v) is 2.74. The van der Waals surface area contributed by atoms with Gasteiger partial charge < -0.3 is 5.11 Å². The average Bonchev–Trinajstić information content (AvgIpc) is 2.57. The van der Waals surface area contributed by atoms with Crippen LogP contribution in [0.3, 0.4) is 0 Å². The standard InChI is InChI=1S/C13H9BrO3S/c1-7(15)11-12(16)10(18-13(11)17)6-8-2-4-9(14)5-3-8/h2-6,16H,1H3. The predicted octanol–water partition coefficient (Wildman–Crippen LogP) is 3.46. The van der Waals surface area contributed by atoms with Gasteiger partial charge in [0.05, 0.1) is 4.91 Å². The van der Waals surface area contributed by atoms with Crippen molar-refractivity contribution in [2.24, 2.45) is 0 Å². The number of aliphatic hydroxyl groups is 1. The van der Waals surface area contributed by atoms with Crippen LogP contribution in [0.5, 0.6) is 0 Å². The Hall–Kier alpha value is -1.33. The fourth-order valence-electron chi connectivity index (χ4n) is 1.54. The molecule has 0 unspecified atom stereocenters. The van der Waals surface area contributed by atoms with Crippen LogP contribution in [0.15, 0.2) is 45.0 Å². The Balaban J connectivity index is 2.39. The molecule has 5 heteroatoms. The number of hydrogen-bond acceptors (Lipinski definition) is 4. The highest BCUT2D eigenvalue weighted by atomic mass is 79.9. The summed E-state index contributed by atoms with van der Waals surface area (Å²) in [5.41, 5.74) is 0.730. The van der Waals surface area contributed by atoms with E-state index < -0.39 is 10.9 Å². The largest absolute Gasteiger partial charge is 0.506 e. The lowest BCUT2D eigenvalue weighted by molar-refractivity contribution is -0.116. The molecule has 92 valence electrons. The first-order valence-electron chi connectivity index (χ1n) is 5.13. The van der Waals surface area contributed by atoms with Gasteiger partial charge in [0.2, 0.25) is 5.12 Å². The minimum atomic E-state index is -0.413. The molecule has 1 aliphatic heterocycles. The van der Waals surface area contributed by atoms with Crippen molar-refractivity contribution in [3.63, 3.8) is 0 Å². The molecule has 0 aromatic heterocycles. The second kappa shape index (κ2) is 5.12. The van der Waals surface area contributed by atoms with Gasteiger partial charge >= 0.3 is 0 Å². The molecule has 0 bridgehead atoms. The molecule has 18 heavy (non-hydrogen) atoms. The lowest BCUT2D eigenvalue weighted by Crippen LogP contribution is -2.03. The molecule has 0 amide bonds. The monoisotopic (exact) mass is 324 g/mol. The number of hydrogen-bond donors (Lipinski definition) is 1. The Kier molecular flexibility index (Phi) is 3.73. The van der Waals surface area contributed by atoms with Gasteiger partial charge in [0.1, 0.15) is 11.3 Å². The van der Waals surface area contributed by atoms with E-state index in [0.717, 1.165) is 21.8 Å². The van der Waals surface area contributed by atoms with Gasteiger partial charge in [-0.1, -0.05) is 28.1 Å². The van der Waals surface area contributed by atoms with Crippen LogP contribution in [0, 0.1) is 0 Å². The van der Waals surface area contributed by atoms with Gasteiger partial charge in [-0.25, -0.2) is 0 Å². The van der Waals surface area contributed by atoms with Crippen LogP contribution in [0.1, 0.15) is 12.5 Å². The van der Waals surface area contributed by atoms with Crippen molar-refractivity contribution in [3.8, 4) is 0 Å². The quantitative estimate of drug-likeness (QED) is 0.846. The van der Waals surface area contributed by atoms with Crippen LogP contribution >= 0.6 is 27.7 Å². The lowest BCUT2D eigenvalue weighted by atomic mass is 10.1. The third kappa shape index (κ3) is 2.57. The normalized spacial score (nSPS) is 17.7. The zero-order chi connectivity index (χ0) is 13.3. The maximum Gasteiger partial charge on any atom is 0.231 e. The summed E-state index contributed by atoms with van der Waals surface area (Å²) in [4.78, 5) is 23.2. The van der Waals surface area contributed by atoms with Gasteiger partial charge in [0.15, 0.2) is 5.78 Å². The van der Waals surface area contributed by atoms with E-state index in [2.05, 4.69) is 15.9 Å². The number of ketones is 1. The zero-order valence-corrected chi connectivity index (χ0v) is 11.8. The second-order valence-corrected chi connectivity index (χ2v) is 5.66. The van der Waals surface area contributed by atoms with Crippen LogP contribution in [0.2, 0.25) is 0 Å². The summed E-state index contributed by atoms with van der Waals surface area (Å²) < 4.78 is 0.948. The molecule has 0 saturated carbocycles. The molecule has 0 saturated heterocycles. The smallest absolute Gasteiger partial charge is 0.231 e. The van der Waals surface area contributed by atoms with Crippen molar-refractivity contribution in [1.29, 1.82) is 0 Å². The third-order valence-corrected chi connectivity index (χ3v) is 3.85. The number of Topliss-reactive ketones (excluding diaryl/α,β-unsaturated/α-hetero) is 1. The van der Waals surface area contributed by atoms with Gasteiger partial charge in [-0.05, 0) is 42.5 Å². The van der Waals surface area contributed by atoms with E-state index in [9.17, 15) is 14.7 Å². The van der Waals surface area contributed by atoms with E-state index in [-0.39, 0.29) is 11.3 Å². The van der Waals surface area contributed by atoms with Crippen molar-refractivity contribution >= 4 is 44.7 Å². The van der Waals surface area contributed by atoms with Crippen molar-refractivity contribution in [1.82, 2.24) is 0 Å². The van der Waals surface area contributed by atoms with E-state index in [1.165, 1.54) is 6.92 Å². The van der Waals surface area contributed by atoms with Crippen LogP contribution in [0.25, 0.3) is 6.08 Å². The van der Waals surface area contributed by atoms with Crippen LogP contribution in [0.4, 0.5) is 0 Å². The van der Waals surface area contributed by atoms with Gasteiger partial charge in [-0.3, -0.25) is 9.59 Å². The molecule has 0 fully saturated rings. The molecule has 1 N–H and O–H groups in total. The minimum absolute atomic E-state index is 0.122. The Labute approximate surface area is 117 Å². The summed E-state index contributed by atoms with van der Waals surface area (Å²) in [6, 6.07) is 7.42. The molecule has 3 nitrogen and oxygen atoms in total. The maximum absolute atomic E-state index is 11.6. The maximum atomic E-state index is 11.6. The van der Waals surface area contributed by atoms with Gasteiger partial charge in [0, 0.05) is 4.47 Å². The molecule has 0 atom stereocenters. The van der Waals surface area contributed by atoms with Crippen molar-refractivity contribution < 1.29 is 14.7 Å². The highest BCUT2D eigenvalue weighted by Crippen LogP contribution is 2.37. The predicted molar refractivity (Wildman–Crippen MR) is 75.1 cm³/mol. The zero-order valence-electron chi connectivity index (χ0n) is 9.44. The summed E-state index contributed by atoms with van der Waals surface area (Å²) in [7, 11) is 0. The summed E-state index contributed by atoms with van der Waals surface area (Å²) in [5, 5.41) is 9.45. The number of carbonyl (C=O) groups excluding carboxylic acids is 2. The molecule has 1 aliphatic rings. The minimum Gasteiger partial charge on any atom is -0.506 e. The van der Waals surface area contributed by atoms with Gasteiger partial charge in [-0.15, -0.1) is 0 Å². The second-order valence-electron chi connectivity index (χ2n) is 3.73. The van der Waals surface area contributed by atoms with E-state index in [1.54, 1.807) is 6.08 Å². The molecular weight excluding hydrogens is 316 g/mol. The van der Waals surface area contributed by atoms with Crippen molar-refractivity contribution in [2.75, 3.05) is 0 Å². The molecule has 1 heterocycles. The Morgan fingerprint density at radius 1 is 1.33 bits per heavy atom. The molecule has 1 aromatic rings. The third-order valence-electron chi connectivity index (χ3n) is 2.40. The summed E-state index contributed by atoms with van der Waals surface area (Å²) in [6.07, 6.45) is 1.68. The van der Waals surface area contributed by atoms with Crippen molar-refractivity contribution in [3.05, 3.63) is 50.5 Å². The number of thioether (sulfide) groups is 1. The first-order chi connectivity index (χ1) is 8.49. The highest BCUT2D eigenvalue weighted by Gasteiger charge is 2.31. The van der Waals surface area contributed by atoms with Crippen molar-refractivity contribution in [2.45, 2.75) is 6.92 Å². The van der Waals surface area contributed by atoms with Crippen LogP contribution in [-0.4, -0.2) is 16.0 Å². The summed E-state index contributed by atoms with van der Waals surface area (Å²) in [5.74, 6) is -0.635. The topological polar surface area (TPSA) is 54.4 Å². The number of benzene rings is 1. The number of rotatable bonds is 2. The number of carbonyl (C=O) groups is 2. The molecular formula is C13H9BrO3S.